The summed E-state index contributed by atoms with van der Waals surface area (Å²) >= 11 is 1.68. The van der Waals surface area contributed by atoms with E-state index in [-0.39, 0.29) is 12.9 Å². The van der Waals surface area contributed by atoms with Crippen LogP contribution in [-0.4, -0.2) is 41.1 Å². The quantitative estimate of drug-likeness (QED) is 0.531. The standard InChI is InChI=1S/C26H27N3O3S/c1-16-5-7-19-11-20-14-29(13-18-6-8-22-23(10-18)32-15-31-22)26(27-12-21-4-3-9-30-21)33-25(20)28-24(19)17(16)2/h5-8,10-11,21H,3-4,9,12-15H2,1-2H3/t21-/m0/s1. The Morgan fingerprint density at radius 1 is 1.12 bits per heavy atom. The SMILES string of the molecule is Cc1ccc2cc3c(nc2c1C)SC(=NC[C@@H]1CCCO1)N(Cc1ccc2c(c1)OCO2)C3. The number of aryl methyl sites for hydroxylation is 2. The van der Waals surface area contributed by atoms with E-state index in [0.717, 1.165) is 59.7 Å². The van der Waals surface area contributed by atoms with E-state index in [2.05, 4.69) is 49.1 Å². The Morgan fingerprint density at radius 2 is 2.03 bits per heavy atom. The third-order valence-corrected chi connectivity index (χ3v) is 7.75. The summed E-state index contributed by atoms with van der Waals surface area (Å²) < 4.78 is 16.9. The Kier molecular flexibility index (Phi) is 5.38. The van der Waals surface area contributed by atoms with Crippen LogP contribution in [0.5, 0.6) is 11.5 Å². The second-order valence-electron chi connectivity index (χ2n) is 8.94. The van der Waals surface area contributed by atoms with Crippen LogP contribution in [0.4, 0.5) is 0 Å². The molecule has 0 aliphatic carbocycles. The number of pyridine rings is 1. The van der Waals surface area contributed by atoms with Crippen LogP contribution in [0, 0.1) is 13.8 Å². The van der Waals surface area contributed by atoms with E-state index in [4.69, 9.17) is 24.2 Å². The van der Waals surface area contributed by atoms with Crippen LogP contribution >= 0.6 is 11.8 Å². The number of benzene rings is 2. The largest absolute Gasteiger partial charge is 0.454 e. The third kappa shape index (κ3) is 4.04. The average Bonchev–Trinajstić information content (AvgIpc) is 3.51. The summed E-state index contributed by atoms with van der Waals surface area (Å²) in [6.07, 6.45) is 2.43. The van der Waals surface area contributed by atoms with Gasteiger partial charge < -0.3 is 19.1 Å². The maximum Gasteiger partial charge on any atom is 0.231 e. The van der Waals surface area contributed by atoms with Gasteiger partial charge in [0, 0.05) is 30.6 Å². The molecule has 170 valence electrons. The van der Waals surface area contributed by atoms with Gasteiger partial charge in [-0.15, -0.1) is 0 Å². The van der Waals surface area contributed by atoms with Gasteiger partial charge in [-0.2, -0.15) is 0 Å². The molecule has 33 heavy (non-hydrogen) atoms. The van der Waals surface area contributed by atoms with E-state index in [1.807, 2.05) is 6.07 Å². The van der Waals surface area contributed by atoms with Crippen LogP contribution in [0.2, 0.25) is 0 Å². The zero-order valence-corrected chi connectivity index (χ0v) is 19.8. The summed E-state index contributed by atoms with van der Waals surface area (Å²) in [5, 5.41) is 3.26. The number of amidine groups is 1. The van der Waals surface area contributed by atoms with E-state index in [1.165, 1.54) is 27.6 Å². The first kappa shape index (κ1) is 20.8. The molecule has 0 bridgehead atoms. The summed E-state index contributed by atoms with van der Waals surface area (Å²) in [6.45, 7) is 7.65. The summed E-state index contributed by atoms with van der Waals surface area (Å²) in [5.41, 5.74) is 6.02. The molecule has 7 heteroatoms. The van der Waals surface area contributed by atoms with Crippen LogP contribution < -0.4 is 9.47 Å². The van der Waals surface area contributed by atoms with Gasteiger partial charge in [0.2, 0.25) is 6.79 Å². The van der Waals surface area contributed by atoms with Crippen molar-refractivity contribution in [1.29, 1.82) is 0 Å². The second-order valence-corrected chi connectivity index (χ2v) is 9.89. The first-order valence-corrected chi connectivity index (χ1v) is 12.3. The molecule has 0 unspecified atom stereocenters. The number of aliphatic imine (C=N–C) groups is 1. The molecule has 4 heterocycles. The highest BCUT2D eigenvalue weighted by Crippen LogP contribution is 2.37. The highest BCUT2D eigenvalue weighted by molar-refractivity contribution is 8.13. The Hall–Kier alpha value is -2.77. The Balaban J connectivity index is 1.34. The van der Waals surface area contributed by atoms with E-state index in [1.54, 1.807) is 11.8 Å². The maximum atomic E-state index is 5.82. The van der Waals surface area contributed by atoms with Crippen molar-refractivity contribution in [2.24, 2.45) is 4.99 Å². The molecule has 2 aromatic carbocycles. The normalized spacial score (nSPS) is 20.6. The van der Waals surface area contributed by atoms with Crippen LogP contribution in [-0.2, 0) is 17.8 Å². The van der Waals surface area contributed by atoms with Gasteiger partial charge in [0.25, 0.3) is 0 Å². The predicted molar refractivity (Wildman–Crippen MR) is 130 cm³/mol. The molecule has 0 N–H and O–H groups in total. The van der Waals surface area contributed by atoms with E-state index in [0.29, 0.717) is 6.54 Å². The molecule has 1 fully saturated rings. The van der Waals surface area contributed by atoms with Gasteiger partial charge in [0.15, 0.2) is 16.7 Å². The van der Waals surface area contributed by atoms with Crippen LogP contribution in [0.25, 0.3) is 10.9 Å². The molecule has 3 aromatic rings. The minimum atomic E-state index is 0.223. The summed E-state index contributed by atoms with van der Waals surface area (Å²) in [6, 6.07) is 12.8. The van der Waals surface area contributed by atoms with E-state index < -0.39 is 0 Å². The Morgan fingerprint density at radius 3 is 2.91 bits per heavy atom. The predicted octanol–water partition coefficient (Wildman–Crippen LogP) is 5.22. The molecule has 1 aromatic heterocycles. The Bertz CT molecular complexity index is 1250. The number of hydrogen-bond donors (Lipinski definition) is 0. The number of aromatic nitrogens is 1. The molecule has 0 radical (unpaired) electrons. The van der Waals surface area contributed by atoms with Crippen LogP contribution in [0.15, 0.2) is 46.4 Å². The molecule has 6 nitrogen and oxygen atoms in total. The van der Waals surface area contributed by atoms with Crippen molar-refractivity contribution in [3.8, 4) is 11.5 Å². The van der Waals surface area contributed by atoms with Gasteiger partial charge in [-0.25, -0.2) is 4.98 Å². The average molecular weight is 462 g/mol. The fourth-order valence-electron chi connectivity index (χ4n) is 4.62. The zero-order valence-electron chi connectivity index (χ0n) is 19.0. The maximum absolute atomic E-state index is 5.82. The lowest BCUT2D eigenvalue weighted by Crippen LogP contribution is -2.32. The number of nitrogens with zero attached hydrogens (tertiary/aromatic N) is 3. The summed E-state index contributed by atoms with van der Waals surface area (Å²) in [4.78, 5) is 12.4. The van der Waals surface area contributed by atoms with Crippen LogP contribution in [0.1, 0.15) is 35.1 Å². The summed E-state index contributed by atoms with van der Waals surface area (Å²) in [7, 11) is 0. The number of rotatable bonds is 4. The smallest absolute Gasteiger partial charge is 0.231 e. The molecule has 0 amide bonds. The van der Waals surface area contributed by atoms with Gasteiger partial charge in [-0.05, 0) is 73.3 Å². The molecule has 3 aliphatic rings. The molecule has 0 saturated carbocycles. The molecule has 3 aliphatic heterocycles. The number of ether oxygens (including phenoxy) is 3. The highest BCUT2D eigenvalue weighted by atomic mass is 32.2. The summed E-state index contributed by atoms with van der Waals surface area (Å²) in [5.74, 6) is 1.62. The minimum absolute atomic E-state index is 0.223. The zero-order chi connectivity index (χ0) is 22.4. The van der Waals surface area contributed by atoms with Gasteiger partial charge in [-0.1, -0.05) is 18.2 Å². The van der Waals surface area contributed by atoms with Crippen molar-refractivity contribution in [2.75, 3.05) is 19.9 Å². The van der Waals surface area contributed by atoms with Crippen molar-refractivity contribution in [3.05, 3.63) is 58.7 Å². The van der Waals surface area contributed by atoms with Gasteiger partial charge in [0.05, 0.1) is 18.2 Å². The molecular weight excluding hydrogens is 434 g/mol. The molecule has 6 rings (SSSR count). The number of fused-ring (bicyclic) bond motifs is 3. The highest BCUT2D eigenvalue weighted by Gasteiger charge is 2.26. The second kappa shape index (κ2) is 8.54. The van der Waals surface area contributed by atoms with Crippen molar-refractivity contribution in [3.63, 3.8) is 0 Å². The lowest BCUT2D eigenvalue weighted by Gasteiger charge is -2.31. The van der Waals surface area contributed by atoms with Crippen LogP contribution in [0.3, 0.4) is 0 Å². The van der Waals surface area contributed by atoms with Crippen molar-refractivity contribution in [1.82, 2.24) is 9.88 Å². The fourth-order valence-corrected chi connectivity index (χ4v) is 5.58. The van der Waals surface area contributed by atoms with Gasteiger partial charge in [-0.3, -0.25) is 4.99 Å². The third-order valence-electron chi connectivity index (χ3n) is 6.64. The van der Waals surface area contributed by atoms with Gasteiger partial charge >= 0.3 is 0 Å². The minimum Gasteiger partial charge on any atom is -0.454 e. The molecule has 1 atom stereocenters. The topological polar surface area (TPSA) is 56.2 Å². The first-order chi connectivity index (χ1) is 16.1. The molecular formula is C26H27N3O3S. The van der Waals surface area contributed by atoms with Gasteiger partial charge in [0.1, 0.15) is 5.03 Å². The lowest BCUT2D eigenvalue weighted by atomic mass is 10.0. The molecule has 0 spiro atoms. The van der Waals surface area contributed by atoms with Crippen molar-refractivity contribution in [2.45, 2.75) is 50.9 Å². The lowest BCUT2D eigenvalue weighted by molar-refractivity contribution is 0.117. The monoisotopic (exact) mass is 461 g/mol. The Labute approximate surface area is 198 Å². The number of hydrogen-bond acceptors (Lipinski definition) is 6. The molecule has 1 saturated heterocycles. The van der Waals surface area contributed by atoms with Crippen molar-refractivity contribution >= 4 is 27.8 Å². The van der Waals surface area contributed by atoms with Crippen molar-refractivity contribution < 1.29 is 14.2 Å². The number of thioether (sulfide) groups is 1. The van der Waals surface area contributed by atoms with E-state index >= 15 is 0 Å². The fraction of sp³-hybridized carbons (Fsp3) is 0.385. The first-order valence-electron chi connectivity index (χ1n) is 11.5. The van der Waals surface area contributed by atoms with E-state index in [9.17, 15) is 0 Å².